The Morgan fingerprint density at radius 3 is 2.74 bits per heavy atom. The van der Waals surface area contributed by atoms with Crippen molar-refractivity contribution in [2.45, 2.75) is 24.3 Å². The topological polar surface area (TPSA) is 47.4 Å². The van der Waals surface area contributed by atoms with Crippen molar-refractivity contribution in [3.05, 3.63) is 89.6 Å². The summed E-state index contributed by atoms with van der Waals surface area (Å²) in [6, 6.07) is 22.8. The van der Waals surface area contributed by atoms with E-state index in [0.29, 0.717) is 0 Å². The molecule has 2 heterocycles. The lowest BCUT2D eigenvalue weighted by molar-refractivity contribution is -0.120. The average Bonchev–Trinajstić information content (AvgIpc) is 3.40. The van der Waals surface area contributed by atoms with Crippen LogP contribution in [0.15, 0.2) is 72.9 Å². The van der Waals surface area contributed by atoms with Crippen LogP contribution in [0.4, 0.5) is 5.69 Å². The SMILES string of the molecule is COc1ccc2c(c1)C1(CC1c1ccc3cnn(Cc4ccccc4)c3c1)C(=O)N2C. The van der Waals surface area contributed by atoms with Crippen LogP contribution in [0, 0.1) is 0 Å². The molecule has 1 spiro atoms. The van der Waals surface area contributed by atoms with E-state index < -0.39 is 5.41 Å². The maximum Gasteiger partial charge on any atom is 0.238 e. The molecule has 2 unspecified atom stereocenters. The maximum atomic E-state index is 13.3. The van der Waals surface area contributed by atoms with Crippen LogP contribution in [0.5, 0.6) is 5.75 Å². The van der Waals surface area contributed by atoms with Gasteiger partial charge < -0.3 is 9.64 Å². The molecule has 31 heavy (non-hydrogen) atoms. The van der Waals surface area contributed by atoms with Crippen molar-refractivity contribution in [2.75, 3.05) is 19.1 Å². The molecule has 0 bridgehead atoms. The van der Waals surface area contributed by atoms with E-state index in [4.69, 9.17) is 4.74 Å². The number of hydrogen-bond acceptors (Lipinski definition) is 3. The fourth-order valence-electron chi connectivity index (χ4n) is 5.20. The van der Waals surface area contributed by atoms with Gasteiger partial charge in [-0.2, -0.15) is 5.10 Å². The lowest BCUT2D eigenvalue weighted by Gasteiger charge is -2.12. The van der Waals surface area contributed by atoms with Crippen molar-refractivity contribution < 1.29 is 9.53 Å². The molecule has 0 N–H and O–H groups in total. The summed E-state index contributed by atoms with van der Waals surface area (Å²) in [5, 5.41) is 5.73. The molecule has 5 nitrogen and oxygen atoms in total. The van der Waals surface area contributed by atoms with Gasteiger partial charge in [-0.3, -0.25) is 9.48 Å². The van der Waals surface area contributed by atoms with Gasteiger partial charge in [0.05, 0.1) is 30.8 Å². The Bertz CT molecular complexity index is 1330. The van der Waals surface area contributed by atoms with Gasteiger partial charge >= 0.3 is 0 Å². The predicted molar refractivity (Wildman–Crippen MR) is 121 cm³/mol. The normalized spacial score (nSPS) is 21.7. The minimum atomic E-state index is -0.476. The van der Waals surface area contributed by atoms with E-state index in [1.54, 1.807) is 12.0 Å². The minimum absolute atomic E-state index is 0.167. The number of rotatable bonds is 4. The van der Waals surface area contributed by atoms with Crippen molar-refractivity contribution in [1.29, 1.82) is 0 Å². The van der Waals surface area contributed by atoms with Crippen LogP contribution in [-0.4, -0.2) is 29.8 Å². The monoisotopic (exact) mass is 409 g/mol. The molecule has 6 rings (SSSR count). The predicted octanol–water partition coefficient (Wildman–Crippen LogP) is 4.49. The summed E-state index contributed by atoms with van der Waals surface area (Å²) in [6.45, 7) is 0.727. The van der Waals surface area contributed by atoms with Gasteiger partial charge in [-0.25, -0.2) is 0 Å². The van der Waals surface area contributed by atoms with Gasteiger partial charge in [-0.15, -0.1) is 0 Å². The number of carbonyl (C=O) groups is 1. The number of fused-ring (bicyclic) bond motifs is 3. The van der Waals surface area contributed by atoms with E-state index in [0.717, 1.165) is 40.9 Å². The molecule has 5 heteroatoms. The number of aromatic nitrogens is 2. The van der Waals surface area contributed by atoms with Crippen LogP contribution in [-0.2, 0) is 16.8 Å². The van der Waals surface area contributed by atoms with Crippen molar-refractivity contribution in [2.24, 2.45) is 0 Å². The summed E-state index contributed by atoms with van der Waals surface area (Å²) in [5.74, 6) is 1.14. The standard InChI is InChI=1S/C26H23N3O2/c1-28-23-11-10-20(31-2)13-21(23)26(25(28)30)14-22(26)18-8-9-19-15-27-29(24(19)12-18)16-17-6-4-3-5-7-17/h3-13,15,22H,14,16H2,1-2H3. The second kappa shape index (κ2) is 6.45. The molecule has 2 atom stereocenters. The second-order valence-electron chi connectivity index (χ2n) is 8.58. The molecule has 154 valence electrons. The molecule has 0 radical (unpaired) electrons. The number of amides is 1. The van der Waals surface area contributed by atoms with E-state index >= 15 is 0 Å². The first-order chi connectivity index (χ1) is 15.1. The quantitative estimate of drug-likeness (QED) is 0.499. The summed E-state index contributed by atoms with van der Waals surface area (Å²) in [6.07, 6.45) is 2.74. The van der Waals surface area contributed by atoms with Crippen LogP contribution in [0.25, 0.3) is 10.9 Å². The first-order valence-corrected chi connectivity index (χ1v) is 10.6. The smallest absolute Gasteiger partial charge is 0.238 e. The van der Waals surface area contributed by atoms with Crippen molar-refractivity contribution >= 4 is 22.5 Å². The molecule has 2 aliphatic rings. The zero-order valence-corrected chi connectivity index (χ0v) is 17.6. The average molecular weight is 409 g/mol. The van der Waals surface area contributed by atoms with E-state index in [-0.39, 0.29) is 11.8 Å². The first-order valence-electron chi connectivity index (χ1n) is 10.6. The highest BCUT2D eigenvalue weighted by atomic mass is 16.5. The van der Waals surface area contributed by atoms with E-state index in [2.05, 4.69) is 35.4 Å². The van der Waals surface area contributed by atoms with Crippen molar-refractivity contribution in [1.82, 2.24) is 9.78 Å². The van der Waals surface area contributed by atoms with Crippen molar-refractivity contribution in [3.63, 3.8) is 0 Å². The second-order valence-corrected chi connectivity index (χ2v) is 8.58. The third-order valence-electron chi connectivity index (χ3n) is 6.94. The molecular weight excluding hydrogens is 386 g/mol. The minimum Gasteiger partial charge on any atom is -0.497 e. The van der Waals surface area contributed by atoms with E-state index in [9.17, 15) is 4.79 Å². The molecule has 4 aromatic rings. The fraction of sp³-hybridized carbons (Fsp3) is 0.231. The highest BCUT2D eigenvalue weighted by Gasteiger charge is 2.66. The highest BCUT2D eigenvalue weighted by Crippen LogP contribution is 2.66. The lowest BCUT2D eigenvalue weighted by Crippen LogP contribution is -2.29. The van der Waals surface area contributed by atoms with Gasteiger partial charge in [0.1, 0.15) is 5.75 Å². The Morgan fingerprint density at radius 2 is 1.94 bits per heavy atom. The Morgan fingerprint density at radius 1 is 1.10 bits per heavy atom. The zero-order valence-electron chi connectivity index (χ0n) is 17.6. The number of ether oxygens (including phenoxy) is 1. The Balaban J connectivity index is 1.40. The van der Waals surface area contributed by atoms with E-state index in [1.165, 1.54) is 11.1 Å². The van der Waals surface area contributed by atoms with Gasteiger partial charge in [-0.05, 0) is 47.4 Å². The molecule has 3 aromatic carbocycles. The number of anilines is 1. The molecule has 1 fully saturated rings. The largest absolute Gasteiger partial charge is 0.497 e. The van der Waals surface area contributed by atoms with Crippen LogP contribution in [0.3, 0.4) is 0 Å². The summed E-state index contributed by atoms with van der Waals surface area (Å²) in [4.78, 5) is 15.1. The van der Waals surface area contributed by atoms with Crippen LogP contribution in [0.1, 0.15) is 29.0 Å². The Labute approximate surface area is 180 Å². The Kier molecular flexibility index (Phi) is 3.78. The molecule has 1 aliphatic carbocycles. The third-order valence-corrected chi connectivity index (χ3v) is 6.94. The number of methoxy groups -OCH3 is 1. The van der Waals surface area contributed by atoms with Crippen LogP contribution >= 0.6 is 0 Å². The summed E-state index contributed by atoms with van der Waals surface area (Å²) < 4.78 is 7.49. The number of carbonyl (C=O) groups excluding carboxylic acids is 1. The molecule has 1 aliphatic heterocycles. The molecule has 1 saturated carbocycles. The van der Waals surface area contributed by atoms with Gasteiger partial charge in [0, 0.05) is 24.0 Å². The summed E-state index contributed by atoms with van der Waals surface area (Å²) in [5.41, 5.74) is 5.12. The molecule has 0 saturated heterocycles. The summed E-state index contributed by atoms with van der Waals surface area (Å²) in [7, 11) is 3.54. The summed E-state index contributed by atoms with van der Waals surface area (Å²) >= 11 is 0. The fourth-order valence-corrected chi connectivity index (χ4v) is 5.20. The molecule has 1 aromatic heterocycles. The molecular formula is C26H23N3O2. The highest BCUT2D eigenvalue weighted by molar-refractivity contribution is 6.11. The first kappa shape index (κ1) is 18.2. The number of likely N-dealkylation sites (N-methyl/N-ethyl adjacent to an activating group) is 1. The van der Waals surface area contributed by atoms with Gasteiger partial charge in [-0.1, -0.05) is 42.5 Å². The Hall–Kier alpha value is -3.60. The van der Waals surface area contributed by atoms with Crippen LogP contribution in [0.2, 0.25) is 0 Å². The van der Waals surface area contributed by atoms with Crippen molar-refractivity contribution in [3.8, 4) is 5.75 Å². The third kappa shape index (κ3) is 2.56. The zero-order chi connectivity index (χ0) is 21.2. The maximum absolute atomic E-state index is 13.3. The van der Waals surface area contributed by atoms with E-state index in [1.807, 2.05) is 54.3 Å². The lowest BCUT2D eigenvalue weighted by atomic mass is 9.91. The van der Waals surface area contributed by atoms with Gasteiger partial charge in [0.2, 0.25) is 5.91 Å². The van der Waals surface area contributed by atoms with Crippen LogP contribution < -0.4 is 9.64 Å². The number of hydrogen-bond donors (Lipinski definition) is 0. The van der Waals surface area contributed by atoms with Gasteiger partial charge in [0.25, 0.3) is 0 Å². The number of nitrogens with zero attached hydrogens (tertiary/aromatic N) is 3. The van der Waals surface area contributed by atoms with Gasteiger partial charge in [0.15, 0.2) is 0 Å². The molecule has 1 amide bonds. The number of benzene rings is 3.